The summed E-state index contributed by atoms with van der Waals surface area (Å²) in [5.74, 6) is -1.64. The maximum atomic E-state index is 14.3. The Balaban J connectivity index is 1.21. The van der Waals surface area contributed by atoms with Crippen molar-refractivity contribution in [1.29, 1.82) is 0 Å². The number of fused-ring (bicyclic) bond motifs is 3. The average molecular weight is 642 g/mol. The first kappa shape index (κ1) is 31.1. The predicted octanol–water partition coefficient (Wildman–Crippen LogP) is 6.52. The second-order valence-corrected chi connectivity index (χ2v) is 12.8. The zero-order chi connectivity index (χ0) is 33.9. The van der Waals surface area contributed by atoms with Gasteiger partial charge in [0.15, 0.2) is 11.6 Å². The number of anilines is 1. The molecule has 1 N–H and O–H groups in total. The van der Waals surface area contributed by atoms with Crippen molar-refractivity contribution in [3.05, 3.63) is 117 Å². The fraction of sp³-hybridized carbons (Fsp3) is 0.250. The van der Waals surface area contributed by atoms with Crippen LogP contribution in [0.25, 0.3) is 12.2 Å². The number of amides is 2. The first-order valence-corrected chi connectivity index (χ1v) is 16.0. The van der Waals surface area contributed by atoms with Gasteiger partial charge in [0.25, 0.3) is 0 Å². The van der Waals surface area contributed by atoms with Crippen LogP contribution >= 0.6 is 0 Å². The molecule has 242 valence electrons. The van der Waals surface area contributed by atoms with Crippen LogP contribution in [0.3, 0.4) is 0 Å². The number of carbonyl (C=O) groups excluding carboxylic acids is 4. The maximum absolute atomic E-state index is 14.3. The highest BCUT2D eigenvalue weighted by Gasteiger charge is 2.56. The van der Waals surface area contributed by atoms with E-state index in [-0.39, 0.29) is 35.6 Å². The molecule has 1 saturated heterocycles. The first-order valence-electron chi connectivity index (χ1n) is 16.0. The Morgan fingerprint density at radius 2 is 1.62 bits per heavy atom. The smallest absolute Gasteiger partial charge is 0.238 e. The summed E-state index contributed by atoms with van der Waals surface area (Å²) in [7, 11) is 3.21. The molecule has 3 aromatic carbocycles. The molecule has 0 radical (unpaired) electrons. The lowest BCUT2D eigenvalue weighted by molar-refractivity contribution is -0.123. The van der Waals surface area contributed by atoms with Gasteiger partial charge in [0.1, 0.15) is 17.2 Å². The molecule has 0 spiro atoms. The number of Topliss-reactive ketones (excluding diaryl/α,β-unsaturated/α-hetero) is 1. The molecular weight excluding hydrogens is 606 g/mol. The van der Waals surface area contributed by atoms with Crippen molar-refractivity contribution in [2.75, 3.05) is 19.1 Å². The SMILES string of the molecule is COc1ccc(OC)c(C=Cc2ccc(N3C(=O)[C@H]4[C@H](CC=C5[C@H](c6ccc(O)c(C)c6)C6=C(C[C@H]54)C(=O)C(C)=CC6=O)C3=O)cc2)c1. The number of carbonyl (C=O) groups is 4. The van der Waals surface area contributed by atoms with E-state index in [9.17, 15) is 24.3 Å². The fourth-order valence-electron chi connectivity index (χ4n) is 7.76. The molecule has 1 fully saturated rings. The van der Waals surface area contributed by atoms with Crippen molar-refractivity contribution in [3.63, 3.8) is 0 Å². The Bertz CT molecular complexity index is 2030. The van der Waals surface area contributed by atoms with Crippen LogP contribution < -0.4 is 14.4 Å². The Morgan fingerprint density at radius 3 is 2.33 bits per heavy atom. The molecule has 3 aliphatic carbocycles. The number of aryl methyl sites for hydroxylation is 1. The van der Waals surface area contributed by atoms with Gasteiger partial charge in [-0.3, -0.25) is 24.1 Å². The molecule has 1 aliphatic heterocycles. The summed E-state index contributed by atoms with van der Waals surface area (Å²) < 4.78 is 10.8. The number of allylic oxidation sites excluding steroid dienone is 6. The van der Waals surface area contributed by atoms with Crippen molar-refractivity contribution in [3.8, 4) is 17.2 Å². The van der Waals surface area contributed by atoms with Crippen molar-refractivity contribution in [1.82, 2.24) is 0 Å². The van der Waals surface area contributed by atoms with Crippen molar-refractivity contribution < 1.29 is 33.8 Å². The van der Waals surface area contributed by atoms with Crippen LogP contribution in [-0.4, -0.2) is 42.7 Å². The summed E-state index contributed by atoms with van der Waals surface area (Å²) in [6, 6.07) is 18.0. The number of methoxy groups -OCH3 is 2. The van der Waals surface area contributed by atoms with Crippen LogP contribution in [0, 0.1) is 24.7 Å². The zero-order valence-electron chi connectivity index (χ0n) is 27.2. The maximum Gasteiger partial charge on any atom is 0.238 e. The minimum absolute atomic E-state index is 0.133. The molecule has 0 bridgehead atoms. The number of aromatic hydroxyl groups is 1. The molecular formula is C40H35NO7. The highest BCUT2D eigenvalue weighted by Crippen LogP contribution is 2.55. The molecule has 4 atom stereocenters. The van der Waals surface area contributed by atoms with Gasteiger partial charge in [-0.25, -0.2) is 0 Å². The highest BCUT2D eigenvalue weighted by molar-refractivity contribution is 6.25. The molecule has 1 heterocycles. The van der Waals surface area contributed by atoms with Gasteiger partial charge >= 0.3 is 0 Å². The van der Waals surface area contributed by atoms with Gasteiger partial charge in [-0.15, -0.1) is 0 Å². The van der Waals surface area contributed by atoms with E-state index >= 15 is 0 Å². The molecule has 0 unspecified atom stereocenters. The lowest BCUT2D eigenvalue weighted by atomic mass is 9.59. The molecule has 4 aliphatic rings. The number of benzene rings is 3. The molecule has 0 aromatic heterocycles. The lowest BCUT2D eigenvalue weighted by Crippen LogP contribution is -2.39. The number of phenolic OH excluding ortho intramolecular Hbond substituents is 1. The lowest BCUT2D eigenvalue weighted by Gasteiger charge is -2.42. The quantitative estimate of drug-likeness (QED) is 0.141. The molecule has 8 heteroatoms. The van der Waals surface area contributed by atoms with Gasteiger partial charge in [0.2, 0.25) is 11.8 Å². The van der Waals surface area contributed by atoms with E-state index in [0.717, 1.165) is 22.3 Å². The van der Waals surface area contributed by atoms with Gasteiger partial charge < -0.3 is 14.6 Å². The summed E-state index contributed by atoms with van der Waals surface area (Å²) in [5, 5.41) is 10.2. The van der Waals surface area contributed by atoms with Crippen LogP contribution in [-0.2, 0) is 19.2 Å². The van der Waals surface area contributed by atoms with E-state index in [2.05, 4.69) is 0 Å². The average Bonchev–Trinajstić information content (AvgIpc) is 3.35. The Morgan fingerprint density at radius 1 is 0.854 bits per heavy atom. The van der Waals surface area contributed by atoms with E-state index in [1.807, 2.05) is 54.6 Å². The highest BCUT2D eigenvalue weighted by atomic mass is 16.5. The monoisotopic (exact) mass is 641 g/mol. The molecule has 0 saturated carbocycles. The number of ketones is 2. The molecule has 3 aromatic rings. The van der Waals surface area contributed by atoms with Crippen LogP contribution in [0.4, 0.5) is 5.69 Å². The third-order valence-corrected chi connectivity index (χ3v) is 10.2. The third kappa shape index (κ3) is 4.99. The number of rotatable bonds is 6. The Labute approximate surface area is 278 Å². The van der Waals surface area contributed by atoms with E-state index < -0.39 is 23.7 Å². The second kappa shape index (κ2) is 11.9. The largest absolute Gasteiger partial charge is 0.508 e. The summed E-state index contributed by atoms with van der Waals surface area (Å²) in [5.41, 5.74) is 5.71. The summed E-state index contributed by atoms with van der Waals surface area (Å²) in [6.07, 6.45) is 7.80. The summed E-state index contributed by atoms with van der Waals surface area (Å²) in [4.78, 5) is 56.5. The molecule has 7 rings (SSSR count). The summed E-state index contributed by atoms with van der Waals surface area (Å²) >= 11 is 0. The van der Waals surface area contributed by atoms with Crippen molar-refractivity contribution in [2.45, 2.75) is 32.6 Å². The standard InChI is InChI=1S/C40H35NO7/c1-21-17-25(9-15-32(21)42)35-28-13-14-29-36(30(28)20-31-37(35)33(43)18-22(2)38(31)44)40(46)41(39(29)45)26-10-6-23(7-11-26)5-8-24-19-27(47-3)12-16-34(24)48-4/h5-13,15-19,29-30,35-36,42H,14,20H2,1-4H3/t29-,30+,35-,36-/m0/s1. The molecule has 48 heavy (non-hydrogen) atoms. The molecule has 8 nitrogen and oxygen atoms in total. The van der Waals surface area contributed by atoms with E-state index in [1.54, 1.807) is 52.3 Å². The van der Waals surface area contributed by atoms with Crippen LogP contribution in [0.2, 0.25) is 0 Å². The van der Waals surface area contributed by atoms with Crippen LogP contribution in [0.1, 0.15) is 47.9 Å². The van der Waals surface area contributed by atoms with Gasteiger partial charge in [-0.1, -0.05) is 48.1 Å². The Hall–Kier alpha value is -5.50. The predicted molar refractivity (Wildman–Crippen MR) is 182 cm³/mol. The van der Waals surface area contributed by atoms with Gasteiger partial charge in [0, 0.05) is 28.2 Å². The summed E-state index contributed by atoms with van der Waals surface area (Å²) in [6.45, 7) is 3.42. The van der Waals surface area contributed by atoms with Crippen LogP contribution in [0.5, 0.6) is 17.2 Å². The zero-order valence-corrected chi connectivity index (χ0v) is 27.2. The number of phenols is 1. The minimum atomic E-state index is -0.665. The van der Waals surface area contributed by atoms with Crippen molar-refractivity contribution >= 4 is 41.2 Å². The van der Waals surface area contributed by atoms with E-state index in [0.29, 0.717) is 45.9 Å². The second-order valence-electron chi connectivity index (χ2n) is 12.8. The topological polar surface area (TPSA) is 110 Å². The number of hydrogen-bond donors (Lipinski definition) is 1. The Kier molecular flexibility index (Phi) is 7.74. The number of hydrogen-bond acceptors (Lipinski definition) is 7. The molecule has 2 amide bonds. The number of nitrogens with zero attached hydrogens (tertiary/aromatic N) is 1. The van der Waals surface area contributed by atoms with Crippen molar-refractivity contribution in [2.24, 2.45) is 17.8 Å². The minimum Gasteiger partial charge on any atom is -0.508 e. The normalized spacial score (nSPS) is 23.5. The van der Waals surface area contributed by atoms with Gasteiger partial charge in [-0.2, -0.15) is 0 Å². The van der Waals surface area contributed by atoms with Gasteiger partial charge in [-0.05, 0) is 91.8 Å². The van der Waals surface area contributed by atoms with E-state index in [1.165, 1.54) is 11.0 Å². The fourth-order valence-corrected chi connectivity index (χ4v) is 7.76. The number of ether oxygens (including phenoxy) is 2. The van der Waals surface area contributed by atoms with Gasteiger partial charge in [0.05, 0.1) is 31.7 Å². The van der Waals surface area contributed by atoms with Crippen LogP contribution in [0.15, 0.2) is 95.1 Å². The third-order valence-electron chi connectivity index (χ3n) is 10.2. The number of imide groups is 1. The first-order chi connectivity index (χ1) is 23.1. The van der Waals surface area contributed by atoms with E-state index in [4.69, 9.17) is 9.47 Å².